The maximum absolute atomic E-state index is 13.4. The Balaban J connectivity index is 2.23. The number of carbonyl (C=O) groups is 2. The minimum Gasteiger partial charge on any atom is -0.418 e. The molecule has 43 heavy (non-hydrogen) atoms. The van der Waals surface area contributed by atoms with Crippen LogP contribution in [0.3, 0.4) is 0 Å². The van der Waals surface area contributed by atoms with Gasteiger partial charge in [0.25, 0.3) is 0 Å². The van der Waals surface area contributed by atoms with Crippen LogP contribution in [0.4, 0.5) is 0 Å². The van der Waals surface area contributed by atoms with Crippen molar-refractivity contribution in [3.8, 4) is 58.8 Å². The fourth-order valence-corrected chi connectivity index (χ4v) is 4.46. The summed E-state index contributed by atoms with van der Waals surface area (Å²) >= 11 is 0. The van der Waals surface area contributed by atoms with Crippen LogP contribution in [0.1, 0.15) is 85.5 Å². The van der Waals surface area contributed by atoms with E-state index in [2.05, 4.69) is 0 Å². The van der Waals surface area contributed by atoms with E-state index in [1.54, 1.807) is 24.3 Å². The lowest BCUT2D eigenvalue weighted by atomic mass is 9.99. The number of carbonyl (C=O) groups excluding carboxylic acids is 2. The molecule has 1 aromatic rings. The van der Waals surface area contributed by atoms with Crippen molar-refractivity contribution < 1.29 is 38.0 Å². The summed E-state index contributed by atoms with van der Waals surface area (Å²) in [6.07, 6.45) is 6.38. The molecule has 3 rings (SSSR count). The Morgan fingerprint density at radius 2 is 0.953 bits per heavy atom. The van der Waals surface area contributed by atoms with Crippen molar-refractivity contribution in [1.29, 1.82) is 21.0 Å². The molecule has 0 radical (unpaired) electrons. The average molecular weight is 589 g/mol. The van der Waals surface area contributed by atoms with Gasteiger partial charge in [-0.25, -0.2) is 0 Å². The van der Waals surface area contributed by atoms with Crippen molar-refractivity contribution in [2.75, 3.05) is 0 Å². The molecule has 0 bridgehead atoms. The van der Waals surface area contributed by atoms with E-state index in [4.69, 9.17) is 28.4 Å². The van der Waals surface area contributed by atoms with Gasteiger partial charge in [-0.2, -0.15) is 21.0 Å². The van der Waals surface area contributed by atoms with E-state index >= 15 is 0 Å². The fourth-order valence-electron chi connectivity index (χ4n) is 4.46. The van der Waals surface area contributed by atoms with Gasteiger partial charge >= 0.3 is 23.8 Å². The van der Waals surface area contributed by atoms with E-state index in [1.165, 1.54) is 0 Å². The molecule has 0 spiro atoms. The van der Waals surface area contributed by atoms with Crippen LogP contribution in [-0.4, -0.2) is 11.9 Å². The maximum atomic E-state index is 13.4. The zero-order valence-electron chi connectivity index (χ0n) is 24.6. The van der Waals surface area contributed by atoms with Gasteiger partial charge in [0.15, 0.2) is 0 Å². The average Bonchev–Trinajstić information content (AvgIpc) is 3.64. The molecule has 12 nitrogen and oxygen atoms in total. The van der Waals surface area contributed by atoms with Crippen molar-refractivity contribution in [3.05, 3.63) is 23.0 Å². The molecule has 0 amide bonds. The van der Waals surface area contributed by atoms with E-state index < -0.39 is 46.8 Å². The van der Waals surface area contributed by atoms with Crippen LogP contribution in [0.5, 0.6) is 34.5 Å². The molecule has 0 fully saturated rings. The number of ether oxygens (including phenoxy) is 6. The molecular formula is C31H32N4O8. The summed E-state index contributed by atoms with van der Waals surface area (Å²) in [6, 6.07) is 6.64. The van der Waals surface area contributed by atoms with Crippen LogP contribution in [-0.2, 0) is 9.59 Å². The molecule has 0 aromatic heterocycles. The zero-order valence-corrected chi connectivity index (χ0v) is 24.6. The lowest BCUT2D eigenvalue weighted by Gasteiger charge is -2.18. The second-order valence-electron chi connectivity index (χ2n) is 9.85. The smallest absolute Gasteiger partial charge is 0.320 e. The summed E-state index contributed by atoms with van der Waals surface area (Å²) in [7, 11) is 0. The first-order chi connectivity index (χ1) is 20.8. The molecule has 12 heteroatoms. The predicted octanol–water partition coefficient (Wildman–Crippen LogP) is 6.38. The number of hydrogen-bond donors (Lipinski definition) is 0. The minimum atomic E-state index is -0.629. The van der Waals surface area contributed by atoms with E-state index in [1.807, 2.05) is 27.7 Å². The molecule has 2 aliphatic heterocycles. The van der Waals surface area contributed by atoms with E-state index in [0.717, 1.165) is 32.1 Å². The Morgan fingerprint density at radius 1 is 0.605 bits per heavy atom. The largest absolute Gasteiger partial charge is 0.418 e. The fraction of sp³-hybridized carbons (Fsp3) is 0.484. The quantitative estimate of drug-likeness (QED) is 0.107. The van der Waals surface area contributed by atoms with Gasteiger partial charge in [0.1, 0.15) is 24.3 Å². The summed E-state index contributed by atoms with van der Waals surface area (Å²) < 4.78 is 34.4. The Bertz CT molecular complexity index is 1390. The van der Waals surface area contributed by atoms with Crippen molar-refractivity contribution in [2.45, 2.75) is 85.5 Å². The second kappa shape index (κ2) is 15.1. The highest BCUT2D eigenvalue weighted by atomic mass is 16.7. The summed E-state index contributed by atoms with van der Waals surface area (Å²) in [4.78, 5) is 26.6. The van der Waals surface area contributed by atoms with Gasteiger partial charge < -0.3 is 28.4 Å². The number of rotatable bonds is 13. The highest BCUT2D eigenvalue weighted by Gasteiger charge is 2.44. The predicted molar refractivity (Wildman–Crippen MR) is 148 cm³/mol. The van der Waals surface area contributed by atoms with E-state index in [-0.39, 0.29) is 34.5 Å². The van der Waals surface area contributed by atoms with Crippen LogP contribution in [0, 0.1) is 57.2 Å². The van der Waals surface area contributed by atoms with Gasteiger partial charge in [-0.05, 0) is 25.7 Å². The number of fused-ring (bicyclic) bond motifs is 2. The first-order valence-electron chi connectivity index (χ1n) is 14.3. The van der Waals surface area contributed by atoms with Gasteiger partial charge in [-0.3, -0.25) is 9.59 Å². The number of unbranched alkanes of at least 4 members (excludes halogenated alkanes) is 3. The number of nitriles is 4. The highest BCUT2D eigenvalue weighted by Crippen LogP contribution is 2.64. The van der Waals surface area contributed by atoms with Crippen molar-refractivity contribution in [1.82, 2.24) is 0 Å². The van der Waals surface area contributed by atoms with Gasteiger partial charge in [0.05, 0.1) is 11.8 Å². The zero-order chi connectivity index (χ0) is 31.5. The van der Waals surface area contributed by atoms with Crippen LogP contribution >= 0.6 is 0 Å². The topological polar surface area (TPSA) is 185 Å². The number of benzene rings is 1. The lowest BCUT2D eigenvalue weighted by Crippen LogP contribution is -2.21. The third-order valence-corrected chi connectivity index (χ3v) is 6.99. The molecular weight excluding hydrogens is 556 g/mol. The molecule has 2 unspecified atom stereocenters. The lowest BCUT2D eigenvalue weighted by molar-refractivity contribution is -0.140. The molecule has 0 saturated heterocycles. The number of hydrogen-bond acceptors (Lipinski definition) is 12. The van der Waals surface area contributed by atoms with Crippen molar-refractivity contribution >= 4 is 11.9 Å². The van der Waals surface area contributed by atoms with E-state index in [0.29, 0.717) is 25.7 Å². The summed E-state index contributed by atoms with van der Waals surface area (Å²) in [5.41, 5.74) is -1.07. The summed E-state index contributed by atoms with van der Waals surface area (Å²) in [5, 5.41) is 37.7. The normalized spacial score (nSPS) is 13.6. The molecule has 1 aromatic carbocycles. The Kier molecular flexibility index (Phi) is 11.4. The highest BCUT2D eigenvalue weighted by molar-refractivity contribution is 5.85. The van der Waals surface area contributed by atoms with Gasteiger partial charge in [-0.15, -0.1) is 0 Å². The third kappa shape index (κ3) is 7.00. The van der Waals surface area contributed by atoms with Crippen LogP contribution in [0.15, 0.2) is 23.0 Å². The standard InChI is InChI=1S/C31H32N4O8/c1-5-9-11-13-19(8-4)29(37)39-23-26-24(40-30(42-26)20(14-32)15-33)22(38-28(36)18(7-3)12-10-6-2)25-27(23)43-31(41-25)21(16-34)17-35/h18-19H,5-13H2,1-4H3. The molecule has 0 aliphatic carbocycles. The van der Waals surface area contributed by atoms with Crippen LogP contribution in [0.2, 0.25) is 0 Å². The molecule has 224 valence electrons. The molecule has 0 saturated carbocycles. The molecule has 2 atom stereocenters. The van der Waals surface area contributed by atoms with E-state index in [9.17, 15) is 30.6 Å². The Hall–Kier alpha value is -5.20. The SMILES string of the molecule is CCCCCC(CC)C(=O)Oc1c2c(c(OC(=O)C(CC)CCCC)c3c1OC(=C(C#N)C#N)O3)OC(=C(C#N)C#N)O2. The van der Waals surface area contributed by atoms with Gasteiger partial charge in [0, 0.05) is 0 Å². The first-order valence-corrected chi connectivity index (χ1v) is 14.3. The maximum Gasteiger partial charge on any atom is 0.320 e. The summed E-state index contributed by atoms with van der Waals surface area (Å²) in [5.74, 6) is -5.23. The Labute approximate surface area is 250 Å². The molecule has 0 N–H and O–H groups in total. The second-order valence-corrected chi connectivity index (χ2v) is 9.85. The first kappa shape index (κ1) is 32.3. The van der Waals surface area contributed by atoms with Crippen LogP contribution < -0.4 is 28.4 Å². The number of allylic oxidation sites excluding steroid dienone is 2. The van der Waals surface area contributed by atoms with Crippen LogP contribution in [0.25, 0.3) is 0 Å². The Morgan fingerprint density at radius 3 is 1.26 bits per heavy atom. The third-order valence-electron chi connectivity index (χ3n) is 6.99. The monoisotopic (exact) mass is 588 g/mol. The van der Waals surface area contributed by atoms with Crippen molar-refractivity contribution in [2.24, 2.45) is 11.8 Å². The minimum absolute atomic E-state index is 0.307. The van der Waals surface area contributed by atoms with Crippen molar-refractivity contribution in [3.63, 3.8) is 0 Å². The number of esters is 2. The van der Waals surface area contributed by atoms with Gasteiger partial charge in [0.2, 0.25) is 45.6 Å². The molecule has 2 heterocycles. The summed E-state index contributed by atoms with van der Waals surface area (Å²) in [6.45, 7) is 7.72. The number of nitrogens with zero attached hydrogens (tertiary/aromatic N) is 4. The van der Waals surface area contributed by atoms with Gasteiger partial charge in [-0.1, -0.05) is 59.8 Å². The molecule has 2 aliphatic rings.